The first-order valence-electron chi connectivity index (χ1n) is 12.7. The molecule has 7 aromatic carbocycles. The van der Waals surface area contributed by atoms with Crippen molar-refractivity contribution in [1.29, 1.82) is 0 Å². The van der Waals surface area contributed by atoms with E-state index in [1.54, 1.807) is 0 Å². The molecule has 1 aliphatic heterocycles. The van der Waals surface area contributed by atoms with Gasteiger partial charge < -0.3 is 4.90 Å². The molecule has 37 heavy (non-hydrogen) atoms. The van der Waals surface area contributed by atoms with Gasteiger partial charge >= 0.3 is 0 Å². The van der Waals surface area contributed by atoms with E-state index in [1.807, 2.05) is 11.8 Å². The molecule has 0 unspecified atom stereocenters. The van der Waals surface area contributed by atoms with Crippen LogP contribution in [0, 0.1) is 0 Å². The quantitative estimate of drug-likeness (QED) is 0.222. The summed E-state index contributed by atoms with van der Waals surface area (Å²) in [5.41, 5.74) is 7.56. The summed E-state index contributed by atoms with van der Waals surface area (Å²) >= 11 is 1.86. The van der Waals surface area contributed by atoms with E-state index in [1.165, 1.54) is 75.7 Å². The van der Waals surface area contributed by atoms with Crippen molar-refractivity contribution < 1.29 is 0 Å². The molecular formula is C35H23NS. The van der Waals surface area contributed by atoms with Crippen LogP contribution in [-0.4, -0.2) is 7.05 Å². The molecule has 0 fully saturated rings. The Labute approximate surface area is 220 Å². The SMILES string of the molecule is CN1c2ccccc2Sc2cc(-c3ccc(-c4ccc5ccc6cccc7ccc4c5c67)cc3)ccc21. The van der Waals surface area contributed by atoms with Crippen LogP contribution in [0.3, 0.4) is 0 Å². The molecule has 0 saturated heterocycles. The Hall–Kier alpha value is -4.27. The third-order valence-corrected chi connectivity index (χ3v) is 8.94. The zero-order valence-electron chi connectivity index (χ0n) is 20.4. The summed E-state index contributed by atoms with van der Waals surface area (Å²) in [5.74, 6) is 0. The molecule has 0 spiro atoms. The van der Waals surface area contributed by atoms with Crippen molar-refractivity contribution in [1.82, 2.24) is 0 Å². The van der Waals surface area contributed by atoms with E-state index < -0.39 is 0 Å². The monoisotopic (exact) mass is 489 g/mol. The van der Waals surface area contributed by atoms with Gasteiger partial charge in [0.1, 0.15) is 0 Å². The predicted octanol–water partition coefficient (Wildman–Crippen LogP) is 10.2. The summed E-state index contributed by atoms with van der Waals surface area (Å²) in [4.78, 5) is 4.90. The first-order chi connectivity index (χ1) is 18.2. The van der Waals surface area contributed by atoms with E-state index in [-0.39, 0.29) is 0 Å². The van der Waals surface area contributed by atoms with Crippen LogP contribution in [0.5, 0.6) is 0 Å². The van der Waals surface area contributed by atoms with Gasteiger partial charge in [0.2, 0.25) is 0 Å². The van der Waals surface area contributed by atoms with Gasteiger partial charge in [0.25, 0.3) is 0 Å². The highest BCUT2D eigenvalue weighted by atomic mass is 32.2. The molecule has 2 heteroatoms. The van der Waals surface area contributed by atoms with Gasteiger partial charge in [-0.2, -0.15) is 0 Å². The second-order valence-corrected chi connectivity index (χ2v) is 10.9. The van der Waals surface area contributed by atoms with E-state index in [0.717, 1.165) is 0 Å². The van der Waals surface area contributed by atoms with Gasteiger partial charge in [-0.3, -0.25) is 0 Å². The van der Waals surface area contributed by atoms with E-state index in [4.69, 9.17) is 0 Å². The number of rotatable bonds is 2. The molecule has 0 bridgehead atoms. The molecule has 8 rings (SSSR count). The molecule has 0 aromatic heterocycles. The average molecular weight is 490 g/mol. The lowest BCUT2D eigenvalue weighted by atomic mass is 9.89. The molecule has 1 heterocycles. The van der Waals surface area contributed by atoms with Crippen molar-refractivity contribution in [3.05, 3.63) is 121 Å². The minimum Gasteiger partial charge on any atom is -0.343 e. The fourth-order valence-corrected chi connectivity index (χ4v) is 7.14. The molecule has 1 nitrogen and oxygen atoms in total. The molecule has 0 N–H and O–H groups in total. The Morgan fingerprint density at radius 3 is 1.97 bits per heavy atom. The number of benzene rings is 7. The highest BCUT2D eigenvalue weighted by Gasteiger charge is 2.20. The first-order valence-corrected chi connectivity index (χ1v) is 13.5. The smallest absolute Gasteiger partial charge is 0.0550 e. The first kappa shape index (κ1) is 20.9. The highest BCUT2D eigenvalue weighted by Crippen LogP contribution is 2.48. The average Bonchev–Trinajstić information content (AvgIpc) is 2.96. The number of fused-ring (bicyclic) bond motifs is 2. The molecule has 0 aliphatic carbocycles. The number of nitrogens with zero attached hydrogens (tertiary/aromatic N) is 1. The third-order valence-electron chi connectivity index (χ3n) is 7.83. The van der Waals surface area contributed by atoms with Gasteiger partial charge in [0.15, 0.2) is 0 Å². The van der Waals surface area contributed by atoms with Gasteiger partial charge in [0.05, 0.1) is 11.4 Å². The van der Waals surface area contributed by atoms with Crippen molar-refractivity contribution >= 4 is 55.5 Å². The Kier molecular flexibility index (Phi) is 4.44. The van der Waals surface area contributed by atoms with Crippen LogP contribution in [0.15, 0.2) is 131 Å². The largest absolute Gasteiger partial charge is 0.343 e. The van der Waals surface area contributed by atoms with Crippen molar-refractivity contribution in [3.8, 4) is 22.3 Å². The summed E-state index contributed by atoms with van der Waals surface area (Å²) in [7, 11) is 2.16. The van der Waals surface area contributed by atoms with Crippen molar-refractivity contribution in [2.24, 2.45) is 0 Å². The van der Waals surface area contributed by atoms with Crippen LogP contribution in [0.2, 0.25) is 0 Å². The van der Waals surface area contributed by atoms with Crippen molar-refractivity contribution in [2.75, 3.05) is 11.9 Å². The van der Waals surface area contributed by atoms with E-state index >= 15 is 0 Å². The second-order valence-electron chi connectivity index (χ2n) is 9.86. The molecule has 7 aromatic rings. The summed E-state index contributed by atoms with van der Waals surface area (Å²) in [5, 5.41) is 7.98. The van der Waals surface area contributed by atoms with Gasteiger partial charge in [-0.15, -0.1) is 0 Å². The topological polar surface area (TPSA) is 3.24 Å². The Balaban J connectivity index is 1.20. The fourth-order valence-electron chi connectivity index (χ4n) is 5.95. The van der Waals surface area contributed by atoms with Crippen LogP contribution in [0.1, 0.15) is 0 Å². The lowest BCUT2D eigenvalue weighted by Crippen LogP contribution is -2.14. The maximum absolute atomic E-state index is 2.33. The molecular weight excluding hydrogens is 466 g/mol. The predicted molar refractivity (Wildman–Crippen MR) is 160 cm³/mol. The lowest BCUT2D eigenvalue weighted by Gasteiger charge is -2.29. The minimum atomic E-state index is 1.24. The highest BCUT2D eigenvalue weighted by molar-refractivity contribution is 7.99. The van der Waals surface area contributed by atoms with E-state index in [9.17, 15) is 0 Å². The van der Waals surface area contributed by atoms with Crippen LogP contribution in [0.25, 0.3) is 54.6 Å². The third kappa shape index (κ3) is 3.13. The zero-order valence-corrected chi connectivity index (χ0v) is 21.2. The summed E-state index contributed by atoms with van der Waals surface area (Å²) in [6.07, 6.45) is 0. The Morgan fingerprint density at radius 2 is 1.14 bits per heavy atom. The zero-order chi connectivity index (χ0) is 24.5. The van der Waals surface area contributed by atoms with Crippen molar-refractivity contribution in [3.63, 3.8) is 0 Å². The Bertz CT molecular complexity index is 1950. The minimum absolute atomic E-state index is 1.24. The second kappa shape index (κ2) is 7.86. The molecule has 174 valence electrons. The van der Waals surface area contributed by atoms with Gasteiger partial charge in [0, 0.05) is 16.8 Å². The number of hydrogen-bond donors (Lipinski definition) is 0. The van der Waals surface area contributed by atoms with Crippen LogP contribution in [0.4, 0.5) is 11.4 Å². The van der Waals surface area contributed by atoms with Gasteiger partial charge in [-0.05, 0) is 78.8 Å². The van der Waals surface area contributed by atoms with Gasteiger partial charge in [-0.25, -0.2) is 0 Å². The lowest BCUT2D eigenvalue weighted by molar-refractivity contribution is 1.11. The van der Waals surface area contributed by atoms with Gasteiger partial charge in [-0.1, -0.05) is 109 Å². The molecule has 0 radical (unpaired) electrons. The number of hydrogen-bond acceptors (Lipinski definition) is 2. The fraction of sp³-hybridized carbons (Fsp3) is 0.0286. The molecule has 0 atom stereocenters. The normalized spacial score (nSPS) is 12.8. The number of para-hydroxylation sites is 1. The summed E-state index contributed by atoms with van der Waals surface area (Å²) in [6, 6.07) is 44.7. The van der Waals surface area contributed by atoms with Crippen LogP contribution in [-0.2, 0) is 0 Å². The van der Waals surface area contributed by atoms with Crippen LogP contribution < -0.4 is 4.90 Å². The molecule has 0 saturated carbocycles. The van der Waals surface area contributed by atoms with Crippen LogP contribution >= 0.6 is 11.8 Å². The molecule has 1 aliphatic rings. The Morgan fingerprint density at radius 1 is 0.486 bits per heavy atom. The standard InChI is InChI=1S/C35H23NS/c1-36-30-7-2-3-8-32(30)37-33-21-27(17-20-31(33)36)22-9-11-23(12-10-22)28-18-15-26-14-13-24-5-4-6-25-16-19-29(28)35(26)34(24)25/h2-21H,1H3. The molecule has 0 amide bonds. The summed E-state index contributed by atoms with van der Waals surface area (Å²) in [6.45, 7) is 0. The summed E-state index contributed by atoms with van der Waals surface area (Å²) < 4.78 is 0. The maximum atomic E-state index is 2.33. The van der Waals surface area contributed by atoms with E-state index in [0.29, 0.717) is 0 Å². The number of anilines is 2. The maximum Gasteiger partial charge on any atom is 0.0550 e. The van der Waals surface area contributed by atoms with Crippen molar-refractivity contribution in [2.45, 2.75) is 9.79 Å². The van der Waals surface area contributed by atoms with E-state index in [2.05, 4.69) is 133 Å².